The summed E-state index contributed by atoms with van der Waals surface area (Å²) in [6.45, 7) is 6.53. The van der Waals surface area contributed by atoms with Gasteiger partial charge < -0.3 is 9.84 Å². The number of aliphatic carboxylic acids is 1. The van der Waals surface area contributed by atoms with Crippen LogP contribution >= 0.6 is 0 Å². The van der Waals surface area contributed by atoms with Crippen molar-refractivity contribution in [2.24, 2.45) is 0 Å². The summed E-state index contributed by atoms with van der Waals surface area (Å²) in [7, 11) is 0. The van der Waals surface area contributed by atoms with Crippen LogP contribution in [0.4, 0.5) is 4.79 Å². The summed E-state index contributed by atoms with van der Waals surface area (Å²) < 4.78 is 5.14. The first-order chi connectivity index (χ1) is 8.09. The lowest BCUT2D eigenvalue weighted by Crippen LogP contribution is -2.63. The lowest BCUT2D eigenvalue weighted by molar-refractivity contribution is -0.158. The molecule has 0 radical (unpaired) electrons. The number of ether oxygens (including phenoxy) is 1. The molecule has 18 heavy (non-hydrogen) atoms. The number of Topliss-reactive ketones (excluding diaryl/α,β-unsaturated/α-hetero) is 1. The monoisotopic (exact) mass is 257 g/mol. The van der Waals surface area contributed by atoms with E-state index < -0.39 is 29.0 Å². The zero-order valence-corrected chi connectivity index (χ0v) is 11.1. The number of hydrogen-bond donors (Lipinski definition) is 1. The molecule has 0 aromatic rings. The highest BCUT2D eigenvalue weighted by Gasteiger charge is 2.51. The van der Waals surface area contributed by atoms with Gasteiger partial charge in [-0.2, -0.15) is 0 Å². The zero-order chi connectivity index (χ0) is 14.1. The van der Waals surface area contributed by atoms with Gasteiger partial charge in [-0.1, -0.05) is 0 Å². The van der Waals surface area contributed by atoms with Gasteiger partial charge in [0.1, 0.15) is 5.60 Å². The number of carbonyl (C=O) groups excluding carboxylic acids is 2. The maximum absolute atomic E-state index is 12.0. The van der Waals surface area contributed by atoms with Gasteiger partial charge in [0.25, 0.3) is 0 Å². The Bertz CT molecular complexity index is 384. The summed E-state index contributed by atoms with van der Waals surface area (Å²) in [5.74, 6) is -1.79. The molecule has 1 aliphatic rings. The first kappa shape index (κ1) is 14.5. The smallest absolute Gasteiger partial charge is 0.411 e. The molecule has 1 saturated heterocycles. The van der Waals surface area contributed by atoms with E-state index in [1.165, 1.54) is 6.92 Å². The van der Waals surface area contributed by atoms with Crippen LogP contribution in [-0.2, 0) is 14.3 Å². The van der Waals surface area contributed by atoms with Crippen LogP contribution in [0.5, 0.6) is 0 Å². The molecule has 0 spiro atoms. The van der Waals surface area contributed by atoms with Gasteiger partial charge in [-0.25, -0.2) is 9.59 Å². The number of piperidine rings is 1. The van der Waals surface area contributed by atoms with Crippen LogP contribution in [0, 0.1) is 0 Å². The normalized spacial score (nSPS) is 24.9. The standard InChI is InChI=1S/C12H19NO5/c1-11(2,3)18-10(17)13-7-5-6-8(14)12(13,4)9(15)16/h5-7H2,1-4H3,(H,15,16)/t12-/m0/s1. The topological polar surface area (TPSA) is 83.9 Å². The number of ketones is 1. The molecule has 0 aliphatic carbocycles. The van der Waals surface area contributed by atoms with Crippen LogP contribution in [0.3, 0.4) is 0 Å². The molecular formula is C12H19NO5. The van der Waals surface area contributed by atoms with E-state index in [-0.39, 0.29) is 13.0 Å². The highest BCUT2D eigenvalue weighted by molar-refractivity contribution is 6.09. The molecule has 0 aromatic heterocycles. The third-order valence-corrected chi connectivity index (χ3v) is 2.90. The average Bonchev–Trinajstić information content (AvgIpc) is 2.19. The molecule has 1 aliphatic heterocycles. The highest BCUT2D eigenvalue weighted by Crippen LogP contribution is 2.27. The third-order valence-electron chi connectivity index (χ3n) is 2.90. The van der Waals surface area contributed by atoms with Gasteiger partial charge in [-0.3, -0.25) is 9.69 Å². The summed E-state index contributed by atoms with van der Waals surface area (Å²) >= 11 is 0. The summed E-state index contributed by atoms with van der Waals surface area (Å²) in [5, 5.41) is 9.22. The third kappa shape index (κ3) is 2.63. The quantitative estimate of drug-likeness (QED) is 0.718. The molecule has 0 saturated carbocycles. The van der Waals surface area contributed by atoms with Gasteiger partial charge in [0.15, 0.2) is 11.3 Å². The van der Waals surface area contributed by atoms with Gasteiger partial charge >= 0.3 is 12.1 Å². The minimum atomic E-state index is -1.82. The van der Waals surface area contributed by atoms with Crippen molar-refractivity contribution in [3.63, 3.8) is 0 Å². The number of carboxylic acids is 1. The number of hydrogen-bond acceptors (Lipinski definition) is 4. The molecule has 1 amide bonds. The van der Waals surface area contributed by atoms with Gasteiger partial charge in [0.2, 0.25) is 0 Å². The number of carboxylic acid groups (broad SMARTS) is 1. The molecule has 0 unspecified atom stereocenters. The average molecular weight is 257 g/mol. The van der Waals surface area contributed by atoms with E-state index in [1.807, 2.05) is 0 Å². The van der Waals surface area contributed by atoms with Gasteiger partial charge in [-0.15, -0.1) is 0 Å². The molecule has 1 rings (SSSR count). The predicted octanol–water partition coefficient (Wildman–Crippen LogP) is 1.43. The van der Waals surface area contributed by atoms with E-state index >= 15 is 0 Å². The maximum atomic E-state index is 12.0. The van der Waals surface area contributed by atoms with Crippen LogP contribution in [0.25, 0.3) is 0 Å². The largest absolute Gasteiger partial charge is 0.479 e. The van der Waals surface area contributed by atoms with Crippen molar-refractivity contribution in [2.75, 3.05) is 6.54 Å². The van der Waals surface area contributed by atoms with Crippen molar-refractivity contribution >= 4 is 17.8 Å². The molecule has 6 heteroatoms. The molecule has 1 fully saturated rings. The second kappa shape index (κ2) is 4.59. The first-order valence-corrected chi connectivity index (χ1v) is 5.86. The summed E-state index contributed by atoms with van der Waals surface area (Å²) in [6, 6.07) is 0. The molecule has 1 atom stereocenters. The number of rotatable bonds is 1. The van der Waals surface area contributed by atoms with E-state index in [0.717, 1.165) is 4.90 Å². The Morgan fingerprint density at radius 2 is 1.94 bits per heavy atom. The van der Waals surface area contributed by atoms with Crippen LogP contribution in [-0.4, -0.2) is 45.5 Å². The van der Waals surface area contributed by atoms with Crippen molar-refractivity contribution in [2.45, 2.75) is 51.7 Å². The number of nitrogens with zero attached hydrogens (tertiary/aromatic N) is 1. The molecule has 102 valence electrons. The Labute approximate surface area is 106 Å². The van der Waals surface area contributed by atoms with Crippen LogP contribution in [0.15, 0.2) is 0 Å². The molecule has 1 N–H and O–H groups in total. The van der Waals surface area contributed by atoms with E-state index in [2.05, 4.69) is 0 Å². The van der Waals surface area contributed by atoms with E-state index in [0.29, 0.717) is 6.42 Å². The Balaban J connectivity index is 3.01. The summed E-state index contributed by atoms with van der Waals surface area (Å²) in [5.41, 5.74) is -2.54. The van der Waals surface area contributed by atoms with Crippen LogP contribution in [0.2, 0.25) is 0 Å². The Hall–Kier alpha value is -1.59. The summed E-state index contributed by atoms with van der Waals surface area (Å²) in [6.07, 6.45) is -0.135. The van der Waals surface area contributed by atoms with Crippen molar-refractivity contribution in [3.05, 3.63) is 0 Å². The van der Waals surface area contributed by atoms with Crippen LogP contribution in [0.1, 0.15) is 40.5 Å². The molecular weight excluding hydrogens is 238 g/mol. The summed E-state index contributed by atoms with van der Waals surface area (Å²) in [4.78, 5) is 36.1. The Morgan fingerprint density at radius 1 is 1.39 bits per heavy atom. The molecule has 0 aromatic carbocycles. The van der Waals surface area contributed by atoms with Gasteiger partial charge in [0.05, 0.1) is 0 Å². The number of likely N-dealkylation sites (tertiary alicyclic amines) is 1. The fourth-order valence-electron chi connectivity index (χ4n) is 1.84. The second-order valence-electron chi connectivity index (χ2n) is 5.54. The minimum Gasteiger partial charge on any atom is -0.479 e. The molecule has 6 nitrogen and oxygen atoms in total. The fourth-order valence-corrected chi connectivity index (χ4v) is 1.84. The predicted molar refractivity (Wildman–Crippen MR) is 63.2 cm³/mol. The van der Waals surface area contributed by atoms with Crippen molar-refractivity contribution < 1.29 is 24.2 Å². The van der Waals surface area contributed by atoms with E-state index in [9.17, 15) is 19.5 Å². The Morgan fingerprint density at radius 3 is 2.39 bits per heavy atom. The van der Waals surface area contributed by atoms with Gasteiger partial charge in [0, 0.05) is 13.0 Å². The molecule has 0 bridgehead atoms. The highest BCUT2D eigenvalue weighted by atomic mass is 16.6. The van der Waals surface area contributed by atoms with Crippen LogP contribution < -0.4 is 0 Å². The lowest BCUT2D eigenvalue weighted by atomic mass is 9.87. The van der Waals surface area contributed by atoms with E-state index in [1.54, 1.807) is 20.8 Å². The van der Waals surface area contributed by atoms with Crippen molar-refractivity contribution in [3.8, 4) is 0 Å². The van der Waals surface area contributed by atoms with Crippen molar-refractivity contribution in [1.29, 1.82) is 0 Å². The Kier molecular flexibility index (Phi) is 3.69. The number of amides is 1. The first-order valence-electron chi connectivity index (χ1n) is 5.86. The van der Waals surface area contributed by atoms with E-state index in [4.69, 9.17) is 4.74 Å². The fraction of sp³-hybridized carbons (Fsp3) is 0.750. The zero-order valence-electron chi connectivity index (χ0n) is 11.1. The van der Waals surface area contributed by atoms with Crippen molar-refractivity contribution in [1.82, 2.24) is 4.90 Å². The SMILES string of the molecule is CC(C)(C)OC(=O)N1CCCC(=O)[C@@]1(C)C(=O)O. The number of carbonyl (C=O) groups is 3. The van der Waals surface area contributed by atoms with Gasteiger partial charge in [-0.05, 0) is 34.1 Å². The lowest BCUT2D eigenvalue weighted by Gasteiger charge is -2.40. The minimum absolute atomic E-state index is 0.169. The maximum Gasteiger partial charge on any atom is 0.411 e. The second-order valence-corrected chi connectivity index (χ2v) is 5.54. The molecule has 1 heterocycles.